The van der Waals surface area contributed by atoms with Gasteiger partial charge in [-0.2, -0.15) is 0 Å². The van der Waals surface area contributed by atoms with Crippen LogP contribution in [0.3, 0.4) is 0 Å². The van der Waals surface area contributed by atoms with Crippen molar-refractivity contribution in [2.45, 2.75) is 0 Å². The lowest BCUT2D eigenvalue weighted by Gasteiger charge is -2.04. The predicted octanol–water partition coefficient (Wildman–Crippen LogP) is 1.50. The number of rotatable bonds is 4. The number of carbonyl (C=O) groups excluding carboxylic acids is 4. The molecule has 0 aliphatic rings. The van der Waals surface area contributed by atoms with Crippen LogP contribution in [0.1, 0.15) is 41.4 Å². The van der Waals surface area contributed by atoms with Crippen LogP contribution in [0.15, 0.2) is 12.1 Å². The van der Waals surface area contributed by atoms with Crippen molar-refractivity contribution in [3.63, 3.8) is 0 Å². The van der Waals surface area contributed by atoms with Crippen molar-refractivity contribution >= 4 is 35.7 Å². The molecule has 0 heterocycles. The highest BCUT2D eigenvalue weighted by molar-refractivity contribution is 6.68. The van der Waals surface area contributed by atoms with Crippen LogP contribution < -0.4 is 0 Å². The summed E-state index contributed by atoms with van der Waals surface area (Å²) in [6.07, 6.45) is 1.10. The Balaban J connectivity index is 3.61. The Kier molecular flexibility index (Phi) is 3.46. The highest BCUT2D eigenvalue weighted by Gasteiger charge is 2.15. The molecule has 0 aromatic heterocycles. The van der Waals surface area contributed by atoms with Crippen LogP contribution in [0.25, 0.3) is 0 Å². The van der Waals surface area contributed by atoms with E-state index in [0.29, 0.717) is 18.9 Å². The van der Waals surface area contributed by atoms with Crippen molar-refractivity contribution in [1.29, 1.82) is 0 Å². The summed E-state index contributed by atoms with van der Waals surface area (Å²) in [6.45, 7) is 0. The van der Waals surface area contributed by atoms with E-state index in [4.69, 9.17) is 11.6 Å². The average Bonchev–Trinajstić information content (AvgIpc) is 2.26. The third-order valence-electron chi connectivity index (χ3n) is 1.90. The zero-order chi connectivity index (χ0) is 11.4. The number of carbonyl (C=O) groups is 4. The zero-order valence-electron chi connectivity index (χ0n) is 7.40. The van der Waals surface area contributed by atoms with Crippen LogP contribution in [0.5, 0.6) is 0 Å². The number of hydrogen-bond acceptors (Lipinski definition) is 4. The van der Waals surface area contributed by atoms with Crippen LogP contribution in [-0.2, 0) is 0 Å². The van der Waals surface area contributed by atoms with Gasteiger partial charge in [0.2, 0.25) is 0 Å². The van der Waals surface area contributed by atoms with Crippen LogP contribution in [-0.4, -0.2) is 24.1 Å². The summed E-state index contributed by atoms with van der Waals surface area (Å²) < 4.78 is 0. The van der Waals surface area contributed by atoms with E-state index < -0.39 is 5.24 Å². The minimum Gasteiger partial charge on any atom is -0.298 e. The maximum atomic E-state index is 10.9. The van der Waals surface area contributed by atoms with Gasteiger partial charge in [0.1, 0.15) is 0 Å². The molecule has 15 heavy (non-hydrogen) atoms. The second-order valence-corrected chi connectivity index (χ2v) is 3.00. The Hall–Kier alpha value is -1.81. The predicted molar refractivity (Wildman–Crippen MR) is 52.8 cm³/mol. The summed E-state index contributed by atoms with van der Waals surface area (Å²) in [4.78, 5) is 42.8. The molecule has 0 spiro atoms. The molecule has 1 rings (SSSR count). The Bertz CT molecular complexity index is 451. The molecule has 5 heteroatoms. The lowest BCUT2D eigenvalue weighted by Crippen LogP contribution is -2.04. The van der Waals surface area contributed by atoms with E-state index in [1.54, 1.807) is 0 Å². The van der Waals surface area contributed by atoms with Crippen molar-refractivity contribution in [3.05, 3.63) is 34.4 Å². The summed E-state index contributed by atoms with van der Waals surface area (Å²) in [6, 6.07) is 2.50. The Morgan fingerprint density at radius 2 is 1.60 bits per heavy atom. The molecule has 0 fully saturated rings. The van der Waals surface area contributed by atoms with Crippen LogP contribution in [0, 0.1) is 0 Å². The topological polar surface area (TPSA) is 68.3 Å². The second-order valence-electron chi connectivity index (χ2n) is 2.66. The fraction of sp³-hybridized carbons (Fsp3) is 0. The van der Waals surface area contributed by atoms with Gasteiger partial charge >= 0.3 is 0 Å². The molecule has 4 nitrogen and oxygen atoms in total. The van der Waals surface area contributed by atoms with Gasteiger partial charge in [-0.05, 0) is 17.7 Å². The fourth-order valence-electron chi connectivity index (χ4n) is 1.19. The SMILES string of the molecule is O=Cc1ccc(C(=O)Cl)c(C=O)c1C=O. The maximum Gasteiger partial charge on any atom is 0.253 e. The highest BCUT2D eigenvalue weighted by Crippen LogP contribution is 2.17. The maximum absolute atomic E-state index is 10.9. The zero-order valence-corrected chi connectivity index (χ0v) is 8.15. The lowest BCUT2D eigenvalue weighted by molar-refractivity contribution is 0.106. The first-order valence-corrected chi connectivity index (χ1v) is 4.25. The van der Waals surface area contributed by atoms with E-state index in [1.807, 2.05) is 0 Å². The average molecular weight is 225 g/mol. The van der Waals surface area contributed by atoms with Crippen LogP contribution in [0.4, 0.5) is 0 Å². The molecule has 76 valence electrons. The molecule has 0 saturated carbocycles. The van der Waals surface area contributed by atoms with Gasteiger partial charge in [0.05, 0.1) is 0 Å². The van der Waals surface area contributed by atoms with Crippen molar-refractivity contribution in [3.8, 4) is 0 Å². The molecule has 1 aromatic carbocycles. The Morgan fingerprint density at radius 3 is 2.00 bits per heavy atom. The summed E-state index contributed by atoms with van der Waals surface area (Å²) in [5.74, 6) is 0. The third-order valence-corrected chi connectivity index (χ3v) is 2.10. The first kappa shape index (κ1) is 11.3. The number of benzene rings is 1. The minimum atomic E-state index is -0.849. The second kappa shape index (κ2) is 4.61. The Morgan fingerprint density at radius 1 is 1.00 bits per heavy atom. The molecular formula is C10H5ClO4. The molecular weight excluding hydrogens is 220 g/mol. The van der Waals surface area contributed by atoms with Gasteiger partial charge in [0.15, 0.2) is 18.9 Å². The van der Waals surface area contributed by atoms with Gasteiger partial charge in [-0.25, -0.2) is 0 Å². The molecule has 0 amide bonds. The molecule has 0 atom stereocenters. The van der Waals surface area contributed by atoms with Crippen molar-refractivity contribution in [2.24, 2.45) is 0 Å². The van der Waals surface area contributed by atoms with Gasteiger partial charge in [0.25, 0.3) is 5.24 Å². The molecule has 0 saturated heterocycles. The van der Waals surface area contributed by atoms with E-state index in [0.717, 1.165) is 0 Å². The fourth-order valence-corrected chi connectivity index (χ4v) is 1.35. The lowest BCUT2D eigenvalue weighted by atomic mass is 9.98. The van der Waals surface area contributed by atoms with Crippen molar-refractivity contribution in [1.82, 2.24) is 0 Å². The van der Waals surface area contributed by atoms with Crippen molar-refractivity contribution in [2.75, 3.05) is 0 Å². The standard InChI is InChI=1S/C10H5ClO4/c11-10(15)7-2-1-6(3-12)8(4-13)9(7)5-14/h1-5H. The van der Waals surface area contributed by atoms with E-state index in [9.17, 15) is 19.2 Å². The quantitative estimate of drug-likeness (QED) is 0.574. The molecule has 0 aliphatic heterocycles. The van der Waals surface area contributed by atoms with Crippen molar-refractivity contribution < 1.29 is 19.2 Å². The van der Waals surface area contributed by atoms with Crippen LogP contribution in [0.2, 0.25) is 0 Å². The van der Waals surface area contributed by atoms with E-state index in [2.05, 4.69) is 0 Å². The largest absolute Gasteiger partial charge is 0.298 e. The number of hydrogen-bond donors (Lipinski definition) is 0. The van der Waals surface area contributed by atoms with E-state index in [1.165, 1.54) is 12.1 Å². The number of halogens is 1. The van der Waals surface area contributed by atoms with Crippen LogP contribution >= 0.6 is 11.6 Å². The van der Waals surface area contributed by atoms with Gasteiger partial charge in [-0.1, -0.05) is 6.07 Å². The normalized spacial score (nSPS) is 9.40. The number of aldehydes is 3. The molecule has 0 radical (unpaired) electrons. The monoisotopic (exact) mass is 224 g/mol. The molecule has 0 N–H and O–H groups in total. The van der Waals surface area contributed by atoms with E-state index >= 15 is 0 Å². The first-order valence-electron chi connectivity index (χ1n) is 3.88. The highest BCUT2D eigenvalue weighted by atomic mass is 35.5. The third kappa shape index (κ3) is 1.99. The van der Waals surface area contributed by atoms with Gasteiger partial charge < -0.3 is 0 Å². The molecule has 0 bridgehead atoms. The summed E-state index contributed by atoms with van der Waals surface area (Å²) in [7, 11) is 0. The molecule has 1 aromatic rings. The minimum absolute atomic E-state index is 0.0498. The van der Waals surface area contributed by atoms with Gasteiger partial charge in [0, 0.05) is 22.3 Å². The summed E-state index contributed by atoms with van der Waals surface area (Å²) in [5, 5.41) is -0.849. The van der Waals surface area contributed by atoms with E-state index in [-0.39, 0.29) is 22.3 Å². The van der Waals surface area contributed by atoms with Gasteiger partial charge in [-0.3, -0.25) is 19.2 Å². The summed E-state index contributed by atoms with van der Waals surface area (Å²) in [5.41, 5.74) is -0.311. The summed E-state index contributed by atoms with van der Waals surface area (Å²) >= 11 is 5.21. The van der Waals surface area contributed by atoms with Gasteiger partial charge in [-0.15, -0.1) is 0 Å². The smallest absolute Gasteiger partial charge is 0.253 e. The molecule has 0 unspecified atom stereocenters. The Labute approximate surface area is 89.8 Å². The first-order chi connectivity index (χ1) is 7.15. The molecule has 0 aliphatic carbocycles.